The molecule has 1 aliphatic heterocycles. The van der Waals surface area contributed by atoms with Gasteiger partial charge in [0.25, 0.3) is 0 Å². The van der Waals surface area contributed by atoms with Crippen molar-refractivity contribution < 1.29 is 14.7 Å². The third kappa shape index (κ3) is 4.88. The number of carbonyl (C=O) groups excluding carboxylic acids is 1. The first-order valence-corrected chi connectivity index (χ1v) is 7.92. The fraction of sp³-hybridized carbons (Fsp3) is 0.846. The van der Waals surface area contributed by atoms with E-state index in [-0.39, 0.29) is 5.91 Å². The highest BCUT2D eigenvalue weighted by Gasteiger charge is 2.30. The van der Waals surface area contributed by atoms with Gasteiger partial charge in [-0.25, -0.2) is 4.79 Å². The van der Waals surface area contributed by atoms with Crippen LogP contribution < -0.4 is 0 Å². The normalized spacial score (nSPS) is 20.5. The third-order valence-electron chi connectivity index (χ3n) is 3.23. The van der Waals surface area contributed by atoms with Crippen LogP contribution in [0.1, 0.15) is 45.4 Å². The highest BCUT2D eigenvalue weighted by atomic mass is 32.2. The molecule has 1 saturated heterocycles. The minimum absolute atomic E-state index is 0.00889. The second kappa shape index (κ2) is 8.40. The van der Waals surface area contributed by atoms with Crippen LogP contribution in [-0.2, 0) is 9.59 Å². The largest absolute Gasteiger partial charge is 0.480 e. The van der Waals surface area contributed by atoms with E-state index < -0.39 is 12.0 Å². The van der Waals surface area contributed by atoms with Gasteiger partial charge >= 0.3 is 5.97 Å². The molecule has 18 heavy (non-hydrogen) atoms. The van der Waals surface area contributed by atoms with E-state index in [0.717, 1.165) is 37.9 Å². The van der Waals surface area contributed by atoms with Crippen LogP contribution in [0.4, 0.5) is 0 Å². The van der Waals surface area contributed by atoms with Crippen LogP contribution in [0.3, 0.4) is 0 Å². The van der Waals surface area contributed by atoms with Crippen molar-refractivity contribution in [1.29, 1.82) is 0 Å². The Balaban J connectivity index is 2.48. The molecule has 0 aliphatic carbocycles. The maximum Gasteiger partial charge on any atom is 0.326 e. The molecule has 1 rings (SSSR count). The number of carboxylic acid groups (broad SMARTS) is 1. The molecular formula is C13H23NO3S. The van der Waals surface area contributed by atoms with Crippen molar-refractivity contribution in [2.45, 2.75) is 51.5 Å². The molecule has 104 valence electrons. The van der Waals surface area contributed by atoms with E-state index in [1.54, 1.807) is 16.7 Å². The summed E-state index contributed by atoms with van der Waals surface area (Å²) in [5.74, 6) is 0.534. The van der Waals surface area contributed by atoms with Gasteiger partial charge < -0.3 is 10.0 Å². The lowest BCUT2D eigenvalue weighted by molar-refractivity contribution is -0.149. The maximum atomic E-state index is 12.1. The number of carbonyl (C=O) groups is 2. The molecule has 4 nitrogen and oxygen atoms in total. The molecular weight excluding hydrogens is 250 g/mol. The predicted octanol–water partition coefficient (Wildman–Crippen LogP) is 2.38. The lowest BCUT2D eigenvalue weighted by Crippen LogP contribution is -2.45. The van der Waals surface area contributed by atoms with Crippen LogP contribution in [0.25, 0.3) is 0 Å². The summed E-state index contributed by atoms with van der Waals surface area (Å²) in [6.45, 7) is 2.72. The molecule has 1 aliphatic rings. The molecule has 1 amide bonds. The van der Waals surface area contributed by atoms with E-state index in [2.05, 4.69) is 6.92 Å². The Morgan fingerprint density at radius 2 is 2.11 bits per heavy atom. The fourth-order valence-corrected chi connectivity index (χ4v) is 3.13. The summed E-state index contributed by atoms with van der Waals surface area (Å²) in [6, 6.07) is -0.605. The zero-order chi connectivity index (χ0) is 13.4. The quantitative estimate of drug-likeness (QED) is 0.755. The number of carboxylic acids is 1. The number of hydrogen-bond donors (Lipinski definition) is 1. The van der Waals surface area contributed by atoms with Gasteiger partial charge in [0.2, 0.25) is 5.91 Å². The Kier molecular flexibility index (Phi) is 7.16. The SMILES string of the molecule is CCCCSCC(=O)N1CCCCCC1C(=O)O. The Hall–Kier alpha value is -0.710. The van der Waals surface area contributed by atoms with Crippen LogP contribution in [0, 0.1) is 0 Å². The van der Waals surface area contributed by atoms with E-state index in [1.165, 1.54) is 0 Å². The molecule has 0 spiro atoms. The zero-order valence-corrected chi connectivity index (χ0v) is 11.9. The monoisotopic (exact) mass is 273 g/mol. The number of likely N-dealkylation sites (tertiary alicyclic amines) is 1. The number of rotatable bonds is 6. The van der Waals surface area contributed by atoms with Gasteiger partial charge in [0.1, 0.15) is 6.04 Å². The van der Waals surface area contributed by atoms with Gasteiger partial charge in [0, 0.05) is 6.54 Å². The Morgan fingerprint density at radius 3 is 2.78 bits per heavy atom. The number of amides is 1. The Morgan fingerprint density at radius 1 is 1.33 bits per heavy atom. The van der Waals surface area contributed by atoms with Crippen molar-refractivity contribution in [3.63, 3.8) is 0 Å². The van der Waals surface area contributed by atoms with E-state index in [4.69, 9.17) is 0 Å². The molecule has 0 radical (unpaired) electrons. The van der Waals surface area contributed by atoms with Crippen molar-refractivity contribution in [2.75, 3.05) is 18.1 Å². The number of aliphatic carboxylic acids is 1. The molecule has 0 saturated carbocycles. The molecule has 0 bridgehead atoms. The maximum absolute atomic E-state index is 12.1. The highest BCUT2D eigenvalue weighted by molar-refractivity contribution is 7.99. The minimum Gasteiger partial charge on any atom is -0.480 e. The van der Waals surface area contributed by atoms with Gasteiger partial charge in [-0.05, 0) is 25.0 Å². The van der Waals surface area contributed by atoms with E-state index in [9.17, 15) is 14.7 Å². The van der Waals surface area contributed by atoms with Gasteiger partial charge in [-0.1, -0.05) is 26.2 Å². The van der Waals surface area contributed by atoms with Crippen molar-refractivity contribution in [2.24, 2.45) is 0 Å². The standard InChI is InChI=1S/C13H23NO3S/c1-2-3-9-18-10-12(15)14-8-6-4-5-7-11(14)13(16)17/h11H,2-10H2,1H3,(H,16,17). The van der Waals surface area contributed by atoms with Crippen LogP contribution in [0.15, 0.2) is 0 Å². The van der Waals surface area contributed by atoms with E-state index >= 15 is 0 Å². The smallest absolute Gasteiger partial charge is 0.326 e. The van der Waals surface area contributed by atoms with Crippen molar-refractivity contribution in [3.8, 4) is 0 Å². The lowest BCUT2D eigenvalue weighted by atomic mass is 10.1. The van der Waals surface area contributed by atoms with Crippen LogP contribution in [0.2, 0.25) is 0 Å². The second-order valence-electron chi connectivity index (χ2n) is 4.70. The summed E-state index contributed by atoms with van der Waals surface area (Å²) in [5.41, 5.74) is 0. The zero-order valence-electron chi connectivity index (χ0n) is 11.1. The first kappa shape index (κ1) is 15.3. The van der Waals surface area contributed by atoms with Crippen LogP contribution >= 0.6 is 11.8 Å². The average molecular weight is 273 g/mol. The highest BCUT2D eigenvalue weighted by Crippen LogP contribution is 2.18. The fourth-order valence-electron chi connectivity index (χ4n) is 2.15. The first-order valence-electron chi connectivity index (χ1n) is 6.76. The number of unbranched alkanes of at least 4 members (excludes halogenated alkanes) is 1. The summed E-state index contributed by atoms with van der Waals surface area (Å²) in [5, 5.41) is 9.19. The molecule has 5 heteroatoms. The summed E-state index contributed by atoms with van der Waals surface area (Å²) in [7, 11) is 0. The van der Waals surface area contributed by atoms with Crippen LogP contribution in [0.5, 0.6) is 0 Å². The Labute approximate surface area is 113 Å². The number of hydrogen-bond acceptors (Lipinski definition) is 3. The first-order chi connectivity index (χ1) is 8.66. The predicted molar refractivity (Wildman–Crippen MR) is 73.8 cm³/mol. The minimum atomic E-state index is -0.858. The van der Waals surface area contributed by atoms with Gasteiger partial charge in [-0.2, -0.15) is 11.8 Å². The van der Waals surface area contributed by atoms with E-state index in [0.29, 0.717) is 18.7 Å². The number of thioether (sulfide) groups is 1. The van der Waals surface area contributed by atoms with Crippen LogP contribution in [-0.4, -0.2) is 46.0 Å². The van der Waals surface area contributed by atoms with Crippen molar-refractivity contribution in [1.82, 2.24) is 4.90 Å². The summed E-state index contributed by atoms with van der Waals surface area (Å²) in [4.78, 5) is 24.8. The summed E-state index contributed by atoms with van der Waals surface area (Å²) < 4.78 is 0. The molecule has 1 fully saturated rings. The molecule has 0 aromatic carbocycles. The van der Waals surface area contributed by atoms with E-state index in [1.807, 2.05) is 0 Å². The molecule has 1 atom stereocenters. The summed E-state index contributed by atoms with van der Waals surface area (Å²) >= 11 is 1.62. The molecule has 1 N–H and O–H groups in total. The average Bonchev–Trinajstić information content (AvgIpc) is 2.59. The topological polar surface area (TPSA) is 57.6 Å². The van der Waals surface area contributed by atoms with Crippen molar-refractivity contribution in [3.05, 3.63) is 0 Å². The Bertz CT molecular complexity index is 283. The molecule has 0 aromatic rings. The van der Waals surface area contributed by atoms with Crippen molar-refractivity contribution >= 4 is 23.6 Å². The van der Waals surface area contributed by atoms with Gasteiger partial charge in [0.05, 0.1) is 5.75 Å². The molecule has 1 unspecified atom stereocenters. The van der Waals surface area contributed by atoms with Gasteiger partial charge in [-0.3, -0.25) is 4.79 Å². The van der Waals surface area contributed by atoms with Gasteiger partial charge in [0.15, 0.2) is 0 Å². The second-order valence-corrected chi connectivity index (χ2v) is 5.80. The lowest BCUT2D eigenvalue weighted by Gasteiger charge is -2.26. The third-order valence-corrected chi connectivity index (χ3v) is 4.25. The molecule has 0 aromatic heterocycles. The molecule has 1 heterocycles. The van der Waals surface area contributed by atoms with Gasteiger partial charge in [-0.15, -0.1) is 0 Å². The number of nitrogens with zero attached hydrogens (tertiary/aromatic N) is 1. The summed E-state index contributed by atoms with van der Waals surface area (Å²) in [6.07, 6.45) is 5.69.